The van der Waals surface area contributed by atoms with E-state index in [1.54, 1.807) is 6.20 Å². The number of nitrogens with one attached hydrogen (secondary N) is 3. The molecule has 3 heterocycles. The zero-order valence-corrected chi connectivity index (χ0v) is 11.3. The molecule has 2 aromatic heterocycles. The Morgan fingerprint density at radius 1 is 1.32 bits per heavy atom. The lowest BCUT2D eigenvalue weighted by molar-refractivity contribution is 0.439. The van der Waals surface area contributed by atoms with Crippen LogP contribution < -0.4 is 10.2 Å². The summed E-state index contributed by atoms with van der Waals surface area (Å²) in [6.45, 7) is 3.96. The maximum Gasteiger partial charge on any atom is 0.245 e. The van der Waals surface area contributed by atoms with E-state index in [0.717, 1.165) is 49.0 Å². The molecule has 7 nitrogen and oxygen atoms in total. The van der Waals surface area contributed by atoms with Crippen LogP contribution in [0, 0.1) is 6.92 Å². The van der Waals surface area contributed by atoms with Crippen LogP contribution >= 0.6 is 0 Å². The van der Waals surface area contributed by atoms with E-state index in [0.29, 0.717) is 6.04 Å². The Morgan fingerprint density at radius 3 is 2.74 bits per heavy atom. The van der Waals surface area contributed by atoms with E-state index in [1.165, 1.54) is 0 Å². The van der Waals surface area contributed by atoms with Crippen molar-refractivity contribution in [2.45, 2.75) is 25.8 Å². The van der Waals surface area contributed by atoms with Gasteiger partial charge in [0.2, 0.25) is 5.95 Å². The Hall–Kier alpha value is -1.89. The molecular weight excluding hydrogens is 242 g/mol. The highest BCUT2D eigenvalue weighted by molar-refractivity contribution is 5.57. The van der Waals surface area contributed by atoms with Crippen LogP contribution in [-0.2, 0) is 0 Å². The van der Waals surface area contributed by atoms with Gasteiger partial charge in [0.15, 0.2) is 5.82 Å². The van der Waals surface area contributed by atoms with Crippen molar-refractivity contribution in [1.29, 1.82) is 0 Å². The second kappa shape index (κ2) is 5.00. The lowest BCUT2D eigenvalue weighted by atomic mass is 10.1. The molecule has 19 heavy (non-hydrogen) atoms. The predicted octanol–water partition coefficient (Wildman–Crippen LogP) is 0.691. The number of hydrogen-bond donors (Lipinski definition) is 3. The molecule has 1 aliphatic heterocycles. The number of hydrogen-bond acceptors (Lipinski definition) is 5. The van der Waals surface area contributed by atoms with Crippen molar-refractivity contribution in [2.24, 2.45) is 0 Å². The maximum absolute atomic E-state index is 4.57. The first-order valence-corrected chi connectivity index (χ1v) is 6.63. The minimum atomic E-state index is 0.616. The molecular formula is C12H19N7. The normalized spacial score (nSPS) is 17.1. The second-order valence-corrected chi connectivity index (χ2v) is 4.94. The topological polar surface area (TPSA) is 85.5 Å². The van der Waals surface area contributed by atoms with Gasteiger partial charge in [-0.15, -0.1) is 5.10 Å². The minimum absolute atomic E-state index is 0.616. The van der Waals surface area contributed by atoms with Gasteiger partial charge in [-0.05, 0) is 26.8 Å². The molecule has 3 rings (SSSR count). The quantitative estimate of drug-likeness (QED) is 0.757. The highest BCUT2D eigenvalue weighted by atomic mass is 15.4. The van der Waals surface area contributed by atoms with Crippen LogP contribution in [0.4, 0.5) is 5.95 Å². The number of aromatic amines is 2. The number of rotatable bonds is 3. The van der Waals surface area contributed by atoms with E-state index < -0.39 is 0 Å². The van der Waals surface area contributed by atoms with E-state index >= 15 is 0 Å². The van der Waals surface area contributed by atoms with Crippen LogP contribution in [0.2, 0.25) is 0 Å². The second-order valence-electron chi connectivity index (χ2n) is 4.94. The first kappa shape index (κ1) is 12.2. The molecule has 0 unspecified atom stereocenters. The van der Waals surface area contributed by atoms with Gasteiger partial charge in [0, 0.05) is 24.8 Å². The summed E-state index contributed by atoms with van der Waals surface area (Å²) < 4.78 is 0. The Kier molecular flexibility index (Phi) is 3.20. The van der Waals surface area contributed by atoms with Crippen LogP contribution in [-0.4, -0.2) is 51.6 Å². The largest absolute Gasteiger partial charge is 0.339 e. The first-order valence-electron chi connectivity index (χ1n) is 6.63. The van der Waals surface area contributed by atoms with Gasteiger partial charge in [-0.25, -0.2) is 0 Å². The van der Waals surface area contributed by atoms with Crippen molar-refractivity contribution in [2.75, 3.05) is 25.0 Å². The van der Waals surface area contributed by atoms with Gasteiger partial charge in [-0.2, -0.15) is 10.1 Å². The van der Waals surface area contributed by atoms with Crippen molar-refractivity contribution in [3.63, 3.8) is 0 Å². The summed E-state index contributed by atoms with van der Waals surface area (Å²) in [5.41, 5.74) is 1.97. The average molecular weight is 261 g/mol. The lowest BCUT2D eigenvalue weighted by Crippen LogP contribution is -2.41. The standard InChI is InChI=1S/C12H19N7/c1-8-10(7-14-16-8)11-15-12(18-17-11)19-5-3-9(13-2)4-6-19/h7,9,13H,3-6H2,1-2H3,(H,14,16)(H,15,17,18). The molecule has 102 valence electrons. The van der Waals surface area contributed by atoms with E-state index in [1.807, 2.05) is 14.0 Å². The molecule has 2 aromatic rings. The number of nitrogens with zero attached hydrogens (tertiary/aromatic N) is 4. The lowest BCUT2D eigenvalue weighted by Gasteiger charge is -2.30. The molecule has 0 aliphatic carbocycles. The molecule has 1 fully saturated rings. The van der Waals surface area contributed by atoms with Gasteiger partial charge in [0.25, 0.3) is 0 Å². The van der Waals surface area contributed by atoms with E-state index in [2.05, 4.69) is 35.6 Å². The molecule has 1 saturated heterocycles. The third-order valence-electron chi connectivity index (χ3n) is 3.74. The molecule has 0 bridgehead atoms. The zero-order chi connectivity index (χ0) is 13.2. The number of anilines is 1. The Bertz CT molecular complexity index is 536. The summed E-state index contributed by atoms with van der Waals surface area (Å²) in [5.74, 6) is 1.56. The monoisotopic (exact) mass is 261 g/mol. The zero-order valence-electron chi connectivity index (χ0n) is 11.3. The average Bonchev–Trinajstić information content (AvgIpc) is 3.07. The van der Waals surface area contributed by atoms with Gasteiger partial charge in [-0.3, -0.25) is 10.2 Å². The first-order chi connectivity index (χ1) is 9.28. The highest BCUT2D eigenvalue weighted by Gasteiger charge is 2.21. The predicted molar refractivity (Wildman–Crippen MR) is 73.0 cm³/mol. The van der Waals surface area contributed by atoms with Crippen LogP contribution in [0.15, 0.2) is 6.20 Å². The smallest absolute Gasteiger partial charge is 0.245 e. The minimum Gasteiger partial charge on any atom is -0.339 e. The van der Waals surface area contributed by atoms with E-state index in [-0.39, 0.29) is 0 Å². The molecule has 1 aliphatic rings. The maximum atomic E-state index is 4.57. The summed E-state index contributed by atoms with van der Waals surface area (Å²) in [4.78, 5) is 6.79. The van der Waals surface area contributed by atoms with Crippen molar-refractivity contribution >= 4 is 5.95 Å². The van der Waals surface area contributed by atoms with Crippen LogP contribution in [0.3, 0.4) is 0 Å². The molecule has 7 heteroatoms. The van der Waals surface area contributed by atoms with Gasteiger partial charge in [0.05, 0.1) is 11.8 Å². The summed E-state index contributed by atoms with van der Waals surface area (Å²) >= 11 is 0. The molecule has 0 spiro atoms. The van der Waals surface area contributed by atoms with Gasteiger partial charge in [-0.1, -0.05) is 0 Å². The van der Waals surface area contributed by atoms with Crippen molar-refractivity contribution in [1.82, 2.24) is 30.7 Å². The van der Waals surface area contributed by atoms with Crippen LogP contribution in [0.1, 0.15) is 18.5 Å². The molecule has 0 radical (unpaired) electrons. The number of piperidine rings is 1. The summed E-state index contributed by atoms with van der Waals surface area (Å²) in [6, 6.07) is 0.616. The third-order valence-corrected chi connectivity index (χ3v) is 3.74. The van der Waals surface area contributed by atoms with Gasteiger partial charge < -0.3 is 10.2 Å². The molecule has 3 N–H and O–H groups in total. The SMILES string of the molecule is CNC1CCN(c2n[nH]c(-c3cn[nH]c3C)n2)CC1. The number of H-pyrrole nitrogens is 2. The van der Waals surface area contributed by atoms with Crippen molar-refractivity contribution in [3.8, 4) is 11.4 Å². The van der Waals surface area contributed by atoms with Crippen molar-refractivity contribution in [3.05, 3.63) is 11.9 Å². The van der Waals surface area contributed by atoms with Crippen molar-refractivity contribution < 1.29 is 0 Å². The highest BCUT2D eigenvalue weighted by Crippen LogP contribution is 2.21. The number of aromatic nitrogens is 5. The Labute approximate surface area is 111 Å². The third kappa shape index (κ3) is 2.33. The Morgan fingerprint density at radius 2 is 2.11 bits per heavy atom. The molecule has 0 aromatic carbocycles. The molecule has 0 amide bonds. The fraction of sp³-hybridized carbons (Fsp3) is 0.583. The Balaban J connectivity index is 1.74. The van der Waals surface area contributed by atoms with Crippen LogP contribution in [0.5, 0.6) is 0 Å². The van der Waals surface area contributed by atoms with E-state index in [4.69, 9.17) is 0 Å². The molecule has 0 atom stereocenters. The van der Waals surface area contributed by atoms with Gasteiger partial charge >= 0.3 is 0 Å². The number of aryl methyl sites for hydroxylation is 1. The summed E-state index contributed by atoms with van der Waals surface area (Å²) in [6.07, 6.45) is 4.03. The summed E-state index contributed by atoms with van der Waals surface area (Å²) in [5, 5.41) is 17.5. The summed E-state index contributed by atoms with van der Waals surface area (Å²) in [7, 11) is 2.02. The van der Waals surface area contributed by atoms with Crippen LogP contribution in [0.25, 0.3) is 11.4 Å². The fourth-order valence-electron chi connectivity index (χ4n) is 2.47. The van der Waals surface area contributed by atoms with Gasteiger partial charge in [0.1, 0.15) is 0 Å². The van der Waals surface area contributed by atoms with E-state index in [9.17, 15) is 0 Å². The fourth-order valence-corrected chi connectivity index (χ4v) is 2.47. The molecule has 0 saturated carbocycles.